The number of aliphatic carboxylic acids is 1. The lowest BCUT2D eigenvalue weighted by atomic mass is 10.3. The fraction of sp³-hybridized carbons (Fsp3) is 0.500. The van der Waals surface area contributed by atoms with Gasteiger partial charge in [-0.25, -0.2) is 0 Å². The summed E-state index contributed by atoms with van der Waals surface area (Å²) in [4.78, 5) is 39.4. The van der Waals surface area contributed by atoms with Gasteiger partial charge >= 0.3 is 5.97 Å². The minimum absolute atomic E-state index is 0.0509. The Labute approximate surface area is 91.8 Å². The van der Waals surface area contributed by atoms with Crippen molar-refractivity contribution in [3.63, 3.8) is 0 Å². The molecule has 0 aliphatic rings. The normalized spacial score (nSPS) is 8.50. The smallest absolute Gasteiger partial charge is 0.303 e. The van der Waals surface area contributed by atoms with Gasteiger partial charge in [0.1, 0.15) is 0 Å². The number of carbonyl (C=O) groups is 4. The summed E-state index contributed by atoms with van der Waals surface area (Å²) in [5.74, 6) is -2.57. The monoisotopic (exact) mass is 233 g/mol. The fourth-order valence-corrected chi connectivity index (χ4v) is 0.477. The van der Waals surface area contributed by atoms with Gasteiger partial charge in [0, 0.05) is 19.3 Å². The molecule has 0 rings (SSSR count). The van der Waals surface area contributed by atoms with E-state index in [1.165, 1.54) is 0 Å². The molecule has 16 heavy (non-hydrogen) atoms. The maximum atomic E-state index is 9.92. The van der Waals surface area contributed by atoms with Gasteiger partial charge in [0.2, 0.25) is 17.7 Å². The van der Waals surface area contributed by atoms with Crippen molar-refractivity contribution in [2.45, 2.75) is 25.7 Å². The van der Waals surface area contributed by atoms with Crippen LogP contribution >= 0.6 is 0 Å². The van der Waals surface area contributed by atoms with Crippen molar-refractivity contribution in [2.24, 2.45) is 17.2 Å². The first-order valence-electron chi connectivity index (χ1n) is 4.32. The molecule has 7 N–H and O–H groups in total. The van der Waals surface area contributed by atoms with Gasteiger partial charge in [-0.1, -0.05) is 0 Å². The van der Waals surface area contributed by atoms with Crippen LogP contribution in [0.15, 0.2) is 0 Å². The van der Waals surface area contributed by atoms with Gasteiger partial charge in [-0.05, 0) is 0 Å². The number of primary amides is 3. The first-order chi connectivity index (χ1) is 7.25. The summed E-state index contributed by atoms with van der Waals surface area (Å²) in [5, 5.41) is 7.95. The lowest BCUT2D eigenvalue weighted by Crippen LogP contribution is -2.16. The Morgan fingerprint density at radius 2 is 0.938 bits per heavy atom. The molecule has 0 saturated carbocycles. The molecule has 0 heterocycles. The number of carboxylic acid groups (broad SMARTS) is 1. The summed E-state index contributed by atoms with van der Waals surface area (Å²) in [5.41, 5.74) is 14.0. The molecule has 0 aromatic carbocycles. The van der Waals surface area contributed by atoms with Gasteiger partial charge in [0.25, 0.3) is 0 Å². The second-order valence-electron chi connectivity index (χ2n) is 2.79. The van der Waals surface area contributed by atoms with E-state index < -0.39 is 23.7 Å². The number of carboxylic acids is 1. The van der Waals surface area contributed by atoms with E-state index in [1.807, 2.05) is 0 Å². The molecular formula is C8H15N3O5. The van der Waals surface area contributed by atoms with E-state index in [2.05, 4.69) is 5.73 Å². The molecule has 3 amide bonds. The van der Waals surface area contributed by atoms with Gasteiger partial charge < -0.3 is 22.3 Å². The van der Waals surface area contributed by atoms with Crippen LogP contribution in [0, 0.1) is 0 Å². The summed E-state index contributed by atoms with van der Waals surface area (Å²) < 4.78 is 0. The molecule has 0 atom stereocenters. The molecule has 0 aromatic rings. The van der Waals surface area contributed by atoms with Crippen LogP contribution in [0.2, 0.25) is 0 Å². The molecule has 8 heteroatoms. The largest absolute Gasteiger partial charge is 0.481 e. The van der Waals surface area contributed by atoms with E-state index in [1.54, 1.807) is 0 Å². The highest BCUT2D eigenvalue weighted by Gasteiger charge is 1.98. The molecule has 92 valence electrons. The van der Waals surface area contributed by atoms with Crippen LogP contribution in [0.4, 0.5) is 0 Å². The van der Waals surface area contributed by atoms with Gasteiger partial charge in [0.05, 0.1) is 6.42 Å². The van der Waals surface area contributed by atoms with E-state index in [0.717, 1.165) is 0 Å². The molecule has 0 bridgehead atoms. The van der Waals surface area contributed by atoms with E-state index in [-0.39, 0.29) is 25.7 Å². The van der Waals surface area contributed by atoms with Crippen LogP contribution < -0.4 is 17.2 Å². The zero-order valence-corrected chi connectivity index (χ0v) is 8.64. The predicted molar refractivity (Wildman–Crippen MR) is 53.7 cm³/mol. The molecule has 0 saturated heterocycles. The molecule has 0 aliphatic carbocycles. The van der Waals surface area contributed by atoms with Crippen molar-refractivity contribution in [1.82, 2.24) is 0 Å². The van der Waals surface area contributed by atoms with Gasteiger partial charge in [-0.3, -0.25) is 19.2 Å². The Bertz CT molecular complexity index is 221. The Morgan fingerprint density at radius 3 is 1.06 bits per heavy atom. The topological polar surface area (TPSA) is 167 Å². The highest BCUT2D eigenvalue weighted by Crippen LogP contribution is 1.84. The molecule has 0 radical (unpaired) electrons. The SMILES string of the molecule is NC(=O)CCC(=O)O.NC(=O)CCC(N)=O. The number of hydrogen-bond acceptors (Lipinski definition) is 4. The highest BCUT2D eigenvalue weighted by molar-refractivity contribution is 5.81. The molecule has 0 fully saturated rings. The van der Waals surface area contributed by atoms with E-state index in [0.29, 0.717) is 0 Å². The lowest BCUT2D eigenvalue weighted by molar-refractivity contribution is -0.138. The van der Waals surface area contributed by atoms with Crippen LogP contribution in [0.25, 0.3) is 0 Å². The second-order valence-corrected chi connectivity index (χ2v) is 2.79. The third kappa shape index (κ3) is 22.6. The first-order valence-corrected chi connectivity index (χ1v) is 4.32. The summed E-state index contributed by atoms with van der Waals surface area (Å²) in [7, 11) is 0. The zero-order valence-electron chi connectivity index (χ0n) is 8.64. The third-order valence-electron chi connectivity index (χ3n) is 1.20. The number of rotatable bonds is 6. The third-order valence-corrected chi connectivity index (χ3v) is 1.20. The number of hydrogen-bond donors (Lipinski definition) is 4. The van der Waals surface area contributed by atoms with Crippen molar-refractivity contribution in [2.75, 3.05) is 0 Å². The molecule has 0 spiro atoms. The molecule has 0 aliphatic heterocycles. The van der Waals surface area contributed by atoms with Crippen LogP contribution in [0.3, 0.4) is 0 Å². The Morgan fingerprint density at radius 1 is 0.688 bits per heavy atom. The lowest BCUT2D eigenvalue weighted by Gasteiger charge is -1.87. The summed E-state index contributed by atoms with van der Waals surface area (Å²) in [6.45, 7) is 0. The standard InChI is InChI=1S/C4H8N2O2.C4H7NO3/c5-3(7)1-2-4(6)8;5-3(6)1-2-4(7)8/h1-2H2,(H2,5,7)(H2,6,8);1-2H2,(H2,5,6)(H,7,8). The Hall–Kier alpha value is -2.12. The van der Waals surface area contributed by atoms with Crippen LogP contribution in [-0.2, 0) is 19.2 Å². The van der Waals surface area contributed by atoms with Crippen molar-refractivity contribution in [1.29, 1.82) is 0 Å². The quantitative estimate of drug-likeness (QED) is 0.418. The number of amides is 3. The minimum Gasteiger partial charge on any atom is -0.481 e. The van der Waals surface area contributed by atoms with Crippen molar-refractivity contribution in [3.8, 4) is 0 Å². The van der Waals surface area contributed by atoms with E-state index >= 15 is 0 Å². The van der Waals surface area contributed by atoms with Gasteiger partial charge in [-0.15, -0.1) is 0 Å². The van der Waals surface area contributed by atoms with Crippen molar-refractivity contribution < 1.29 is 24.3 Å². The minimum atomic E-state index is -0.996. The molecule has 0 unspecified atom stereocenters. The average Bonchev–Trinajstić information content (AvgIpc) is 2.12. The summed E-state index contributed by atoms with van der Waals surface area (Å²) >= 11 is 0. The summed E-state index contributed by atoms with van der Waals surface area (Å²) in [6.07, 6.45) is -0.144. The maximum Gasteiger partial charge on any atom is 0.303 e. The first kappa shape index (κ1) is 16.3. The predicted octanol–water partition coefficient (Wildman–Crippen LogP) is -1.93. The number of nitrogens with two attached hydrogens (primary N) is 3. The maximum absolute atomic E-state index is 9.92. The van der Waals surface area contributed by atoms with Crippen LogP contribution in [0.1, 0.15) is 25.7 Å². The van der Waals surface area contributed by atoms with Crippen LogP contribution in [0.5, 0.6) is 0 Å². The van der Waals surface area contributed by atoms with Gasteiger partial charge in [0.15, 0.2) is 0 Å². The van der Waals surface area contributed by atoms with Crippen molar-refractivity contribution >= 4 is 23.7 Å². The Balaban J connectivity index is 0. The van der Waals surface area contributed by atoms with Crippen molar-refractivity contribution in [3.05, 3.63) is 0 Å². The van der Waals surface area contributed by atoms with Gasteiger partial charge in [-0.2, -0.15) is 0 Å². The Kier molecular flexibility index (Phi) is 9.62. The molecule has 0 aromatic heterocycles. The van der Waals surface area contributed by atoms with Crippen LogP contribution in [-0.4, -0.2) is 28.8 Å². The number of carbonyl (C=O) groups excluding carboxylic acids is 3. The fourth-order valence-electron chi connectivity index (χ4n) is 0.477. The van der Waals surface area contributed by atoms with E-state index in [4.69, 9.17) is 16.6 Å². The summed E-state index contributed by atoms with van der Waals surface area (Å²) in [6, 6.07) is 0. The molecule has 8 nitrogen and oxygen atoms in total. The highest BCUT2D eigenvalue weighted by atomic mass is 16.4. The second kappa shape index (κ2) is 9.44. The average molecular weight is 233 g/mol. The zero-order chi connectivity index (χ0) is 13.1. The molecular weight excluding hydrogens is 218 g/mol. The van der Waals surface area contributed by atoms with E-state index in [9.17, 15) is 19.2 Å².